The van der Waals surface area contributed by atoms with Crippen molar-refractivity contribution in [3.05, 3.63) is 53.6 Å². The molecule has 1 aromatic carbocycles. The Morgan fingerprint density at radius 1 is 1.14 bits per heavy atom. The van der Waals surface area contributed by atoms with Gasteiger partial charge in [-0.15, -0.1) is 0 Å². The summed E-state index contributed by atoms with van der Waals surface area (Å²) in [6, 6.07) is 7.37. The molecule has 0 N–H and O–H groups in total. The number of benzene rings is 1. The van der Waals surface area contributed by atoms with Gasteiger partial charge in [0.1, 0.15) is 5.82 Å². The Hall–Kier alpha value is -1.70. The summed E-state index contributed by atoms with van der Waals surface area (Å²) in [6.45, 7) is 8.90. The van der Waals surface area contributed by atoms with Gasteiger partial charge in [-0.05, 0) is 76.6 Å². The lowest BCUT2D eigenvalue weighted by Crippen LogP contribution is -2.18. The van der Waals surface area contributed by atoms with E-state index in [1.165, 1.54) is 24.0 Å². The van der Waals surface area contributed by atoms with Gasteiger partial charge >= 0.3 is 0 Å². The molecule has 1 aliphatic carbocycles. The van der Waals surface area contributed by atoms with Gasteiger partial charge in [-0.2, -0.15) is 0 Å². The van der Waals surface area contributed by atoms with Gasteiger partial charge in [-0.3, -0.25) is 4.98 Å². The van der Waals surface area contributed by atoms with Gasteiger partial charge in [0, 0.05) is 12.4 Å². The summed E-state index contributed by atoms with van der Waals surface area (Å²) in [5.74, 6) is 1.00. The second-order valence-corrected chi connectivity index (χ2v) is 7.53. The molecule has 1 atom stereocenters. The fourth-order valence-corrected chi connectivity index (χ4v) is 3.43. The Morgan fingerprint density at radius 2 is 1.77 bits per heavy atom. The molecule has 3 rings (SSSR count). The molecule has 0 saturated heterocycles. The van der Waals surface area contributed by atoms with E-state index in [1.807, 2.05) is 12.1 Å². The normalized spacial score (nSPS) is 16.6. The number of hydrogen-bond acceptors (Lipinski definition) is 1. The monoisotopic (exact) mass is 297 g/mol. The maximum absolute atomic E-state index is 14.3. The van der Waals surface area contributed by atoms with Crippen molar-refractivity contribution in [1.29, 1.82) is 0 Å². The first-order valence-electron chi connectivity index (χ1n) is 8.12. The molecule has 0 bridgehead atoms. The van der Waals surface area contributed by atoms with Gasteiger partial charge in [-0.25, -0.2) is 4.39 Å². The molecule has 22 heavy (non-hydrogen) atoms. The molecular formula is C20H24FN. The fourth-order valence-electron chi connectivity index (χ4n) is 3.43. The summed E-state index contributed by atoms with van der Waals surface area (Å²) in [6.07, 6.45) is 6.09. The van der Waals surface area contributed by atoms with E-state index in [9.17, 15) is 4.39 Å². The van der Waals surface area contributed by atoms with Crippen LogP contribution in [-0.4, -0.2) is 4.98 Å². The average molecular weight is 297 g/mol. The lowest BCUT2D eigenvalue weighted by atomic mass is 9.75. The largest absolute Gasteiger partial charge is 0.265 e. The van der Waals surface area contributed by atoms with Crippen LogP contribution in [0.15, 0.2) is 36.7 Å². The van der Waals surface area contributed by atoms with Crippen LogP contribution in [-0.2, 0) is 5.41 Å². The molecular weight excluding hydrogens is 273 g/mol. The van der Waals surface area contributed by atoms with Crippen molar-refractivity contribution >= 4 is 0 Å². The van der Waals surface area contributed by atoms with Crippen molar-refractivity contribution in [1.82, 2.24) is 4.98 Å². The maximum Gasteiger partial charge on any atom is 0.124 e. The molecule has 0 radical (unpaired) electrons. The zero-order chi connectivity index (χ0) is 15.9. The van der Waals surface area contributed by atoms with E-state index in [0.29, 0.717) is 11.8 Å². The van der Waals surface area contributed by atoms with Crippen molar-refractivity contribution in [2.45, 2.75) is 51.9 Å². The summed E-state index contributed by atoms with van der Waals surface area (Å²) in [7, 11) is 0. The highest BCUT2D eigenvalue weighted by Gasteiger charge is 2.33. The van der Waals surface area contributed by atoms with E-state index in [1.54, 1.807) is 24.5 Å². The van der Waals surface area contributed by atoms with Gasteiger partial charge in [-0.1, -0.05) is 27.7 Å². The molecule has 1 fully saturated rings. The van der Waals surface area contributed by atoms with Crippen LogP contribution in [0.5, 0.6) is 0 Å². The number of halogens is 1. The van der Waals surface area contributed by atoms with Crippen LogP contribution in [0.3, 0.4) is 0 Å². The minimum Gasteiger partial charge on any atom is -0.265 e. The molecule has 1 nitrogen and oxygen atoms in total. The predicted molar refractivity (Wildman–Crippen MR) is 89.5 cm³/mol. The van der Waals surface area contributed by atoms with E-state index >= 15 is 0 Å². The third kappa shape index (κ3) is 2.92. The minimum absolute atomic E-state index is 0.0230. The van der Waals surface area contributed by atoms with Crippen molar-refractivity contribution in [3.8, 4) is 11.1 Å². The smallest absolute Gasteiger partial charge is 0.124 e. The van der Waals surface area contributed by atoms with E-state index in [0.717, 1.165) is 11.1 Å². The standard InChI is InChI=1S/C20H24FN/c1-13(14-5-6-14)17-11-16(21)12-18(19(17)20(2,3)4)15-7-9-22-10-8-15/h7-14H,5-6H2,1-4H3. The molecule has 1 aliphatic rings. The van der Waals surface area contributed by atoms with Crippen LogP contribution >= 0.6 is 0 Å². The van der Waals surface area contributed by atoms with E-state index in [-0.39, 0.29) is 11.2 Å². The summed E-state index contributed by atoms with van der Waals surface area (Å²) < 4.78 is 14.3. The first-order valence-corrected chi connectivity index (χ1v) is 8.12. The number of rotatable bonds is 3. The Balaban J connectivity index is 2.24. The zero-order valence-electron chi connectivity index (χ0n) is 13.9. The average Bonchev–Trinajstić information content (AvgIpc) is 3.30. The van der Waals surface area contributed by atoms with Gasteiger partial charge in [0.2, 0.25) is 0 Å². The zero-order valence-corrected chi connectivity index (χ0v) is 13.9. The molecule has 2 aromatic rings. The Morgan fingerprint density at radius 3 is 2.32 bits per heavy atom. The van der Waals surface area contributed by atoms with Crippen LogP contribution in [0.4, 0.5) is 4.39 Å². The lowest BCUT2D eigenvalue weighted by molar-refractivity contribution is 0.553. The molecule has 116 valence electrons. The van der Waals surface area contributed by atoms with E-state index in [2.05, 4.69) is 32.7 Å². The molecule has 1 saturated carbocycles. The summed E-state index contributed by atoms with van der Waals surface area (Å²) in [5.41, 5.74) is 4.49. The quantitative estimate of drug-likeness (QED) is 0.708. The van der Waals surface area contributed by atoms with Crippen LogP contribution in [0.2, 0.25) is 0 Å². The van der Waals surface area contributed by atoms with Crippen LogP contribution in [0.1, 0.15) is 57.6 Å². The molecule has 1 aromatic heterocycles. The van der Waals surface area contributed by atoms with Crippen LogP contribution < -0.4 is 0 Å². The third-order valence-electron chi connectivity index (χ3n) is 4.69. The Bertz CT molecular complexity index is 666. The maximum atomic E-state index is 14.3. The highest BCUT2D eigenvalue weighted by molar-refractivity contribution is 5.70. The highest BCUT2D eigenvalue weighted by Crippen LogP contribution is 2.47. The predicted octanol–water partition coefficient (Wildman–Crippen LogP) is 5.70. The summed E-state index contributed by atoms with van der Waals surface area (Å²) >= 11 is 0. The van der Waals surface area contributed by atoms with E-state index in [4.69, 9.17) is 0 Å². The van der Waals surface area contributed by atoms with Gasteiger partial charge in [0.05, 0.1) is 0 Å². The molecule has 0 amide bonds. The minimum atomic E-state index is -0.137. The molecule has 2 heteroatoms. The summed E-state index contributed by atoms with van der Waals surface area (Å²) in [5, 5.41) is 0. The first kappa shape index (κ1) is 15.2. The molecule has 1 heterocycles. The van der Waals surface area contributed by atoms with Crippen molar-refractivity contribution in [2.24, 2.45) is 5.92 Å². The van der Waals surface area contributed by atoms with E-state index < -0.39 is 0 Å². The topological polar surface area (TPSA) is 12.9 Å². The lowest BCUT2D eigenvalue weighted by Gasteiger charge is -2.29. The number of pyridine rings is 1. The second-order valence-electron chi connectivity index (χ2n) is 7.53. The first-order chi connectivity index (χ1) is 10.4. The summed E-state index contributed by atoms with van der Waals surface area (Å²) in [4.78, 5) is 4.09. The fraction of sp³-hybridized carbons (Fsp3) is 0.450. The van der Waals surface area contributed by atoms with Gasteiger partial charge in [0.15, 0.2) is 0 Å². The number of hydrogen-bond donors (Lipinski definition) is 0. The number of aromatic nitrogens is 1. The van der Waals surface area contributed by atoms with Gasteiger partial charge in [0.25, 0.3) is 0 Å². The van der Waals surface area contributed by atoms with Crippen molar-refractivity contribution in [2.75, 3.05) is 0 Å². The molecule has 1 unspecified atom stereocenters. The van der Waals surface area contributed by atoms with Crippen molar-refractivity contribution in [3.63, 3.8) is 0 Å². The Labute approximate surface area is 132 Å². The van der Waals surface area contributed by atoms with Crippen molar-refractivity contribution < 1.29 is 4.39 Å². The Kier molecular flexibility index (Phi) is 3.80. The number of nitrogens with zero attached hydrogens (tertiary/aromatic N) is 1. The second kappa shape index (κ2) is 5.49. The molecule has 0 aliphatic heterocycles. The van der Waals surface area contributed by atoms with Gasteiger partial charge < -0.3 is 0 Å². The third-order valence-corrected chi connectivity index (χ3v) is 4.69. The van der Waals surface area contributed by atoms with Crippen LogP contribution in [0.25, 0.3) is 11.1 Å². The molecule has 0 spiro atoms. The SMILES string of the molecule is CC(c1cc(F)cc(-c2ccncc2)c1C(C)(C)C)C1CC1. The highest BCUT2D eigenvalue weighted by atomic mass is 19.1. The van der Waals surface area contributed by atoms with Crippen LogP contribution in [0, 0.1) is 11.7 Å².